The Morgan fingerprint density at radius 3 is 2.76 bits per heavy atom. The van der Waals surface area contributed by atoms with Crippen molar-refractivity contribution in [3.8, 4) is 6.07 Å². The number of anilines is 2. The summed E-state index contributed by atoms with van der Waals surface area (Å²) in [4.78, 5) is 32.8. The number of carbonyl (C=O) groups is 1. The van der Waals surface area contributed by atoms with Gasteiger partial charge in [0.05, 0.1) is 11.1 Å². The van der Waals surface area contributed by atoms with Crippen LogP contribution in [0.5, 0.6) is 0 Å². The SMILES string of the molecule is CSc1nc2c(c(=O)[nH]1)[C@@]1(C(=O)Nc3ccccc31)C(C#N)=C(N)N2. The highest BCUT2D eigenvalue weighted by molar-refractivity contribution is 7.98. The number of nitrogens with one attached hydrogen (secondary N) is 3. The van der Waals surface area contributed by atoms with E-state index < -0.39 is 16.9 Å². The molecule has 8 nitrogen and oxygen atoms in total. The summed E-state index contributed by atoms with van der Waals surface area (Å²) in [6, 6.07) is 8.92. The van der Waals surface area contributed by atoms with Gasteiger partial charge in [-0.1, -0.05) is 30.0 Å². The summed E-state index contributed by atoms with van der Waals surface area (Å²) in [5.74, 6) is -0.316. The van der Waals surface area contributed by atoms with Gasteiger partial charge in [-0.3, -0.25) is 9.59 Å². The molecule has 25 heavy (non-hydrogen) atoms. The lowest BCUT2D eigenvalue weighted by molar-refractivity contribution is -0.118. The van der Waals surface area contributed by atoms with Gasteiger partial charge in [0.15, 0.2) is 5.16 Å². The molecule has 3 heterocycles. The summed E-state index contributed by atoms with van der Waals surface area (Å²) in [7, 11) is 0. The number of rotatable bonds is 1. The number of aromatic amines is 1. The first kappa shape index (κ1) is 15.3. The molecule has 0 unspecified atom stereocenters. The number of hydrogen-bond acceptors (Lipinski definition) is 7. The van der Waals surface area contributed by atoms with Crippen molar-refractivity contribution in [1.29, 1.82) is 5.26 Å². The van der Waals surface area contributed by atoms with Crippen LogP contribution in [0.1, 0.15) is 11.1 Å². The van der Waals surface area contributed by atoms with Crippen LogP contribution in [-0.2, 0) is 10.2 Å². The fraction of sp³-hybridized carbons (Fsp3) is 0.125. The lowest BCUT2D eigenvalue weighted by Crippen LogP contribution is -2.47. The number of carbonyl (C=O) groups excluding carboxylic acids is 1. The summed E-state index contributed by atoms with van der Waals surface area (Å²) in [5, 5.41) is 15.6. The predicted octanol–water partition coefficient (Wildman–Crippen LogP) is 0.849. The molecule has 1 atom stereocenters. The van der Waals surface area contributed by atoms with Gasteiger partial charge in [0.25, 0.3) is 5.56 Å². The molecule has 2 aliphatic rings. The average molecular weight is 352 g/mol. The molecule has 2 aromatic rings. The molecule has 5 N–H and O–H groups in total. The minimum absolute atomic E-state index is 0.00649. The van der Waals surface area contributed by atoms with Gasteiger partial charge in [0.1, 0.15) is 23.1 Å². The minimum atomic E-state index is -1.62. The van der Waals surface area contributed by atoms with Crippen molar-refractivity contribution in [2.24, 2.45) is 5.73 Å². The monoisotopic (exact) mass is 352 g/mol. The molecule has 1 aromatic carbocycles. The van der Waals surface area contributed by atoms with E-state index in [-0.39, 0.29) is 22.8 Å². The first-order valence-electron chi connectivity index (χ1n) is 7.31. The molecule has 0 bridgehead atoms. The van der Waals surface area contributed by atoms with Crippen LogP contribution in [0.15, 0.2) is 45.6 Å². The lowest BCUT2D eigenvalue weighted by atomic mass is 9.69. The fourth-order valence-corrected chi connectivity index (χ4v) is 3.78. The highest BCUT2D eigenvalue weighted by Crippen LogP contribution is 2.50. The Bertz CT molecular complexity index is 1070. The van der Waals surface area contributed by atoms with Crippen molar-refractivity contribution in [2.45, 2.75) is 10.6 Å². The molecule has 1 spiro atoms. The maximum atomic E-state index is 13.0. The zero-order chi connectivity index (χ0) is 17.8. The number of amides is 1. The molecule has 0 radical (unpaired) electrons. The molecule has 0 aliphatic carbocycles. The third-order valence-electron chi connectivity index (χ3n) is 4.40. The fourth-order valence-electron chi connectivity index (χ4n) is 3.40. The molecule has 2 aliphatic heterocycles. The van der Waals surface area contributed by atoms with Crippen molar-refractivity contribution < 1.29 is 4.79 Å². The normalized spacial score (nSPS) is 20.6. The number of fused-ring (bicyclic) bond motifs is 4. The quantitative estimate of drug-likeness (QED) is 0.441. The highest BCUT2D eigenvalue weighted by Gasteiger charge is 2.57. The number of hydrogen-bond donors (Lipinski definition) is 4. The van der Waals surface area contributed by atoms with Crippen LogP contribution in [0.4, 0.5) is 11.5 Å². The van der Waals surface area contributed by atoms with Crippen LogP contribution in [-0.4, -0.2) is 22.1 Å². The minimum Gasteiger partial charge on any atom is -0.384 e. The topological polar surface area (TPSA) is 137 Å². The molecule has 0 saturated heterocycles. The predicted molar refractivity (Wildman–Crippen MR) is 92.9 cm³/mol. The number of nitriles is 1. The van der Waals surface area contributed by atoms with E-state index in [2.05, 4.69) is 20.6 Å². The summed E-state index contributed by atoms with van der Waals surface area (Å²) < 4.78 is 0. The van der Waals surface area contributed by atoms with Gasteiger partial charge >= 0.3 is 0 Å². The second-order valence-corrected chi connectivity index (χ2v) is 6.37. The van der Waals surface area contributed by atoms with Crippen molar-refractivity contribution in [1.82, 2.24) is 9.97 Å². The molecule has 1 amide bonds. The Hall–Kier alpha value is -3.25. The zero-order valence-electron chi connectivity index (χ0n) is 13.0. The number of aromatic nitrogens is 2. The Kier molecular flexibility index (Phi) is 3.13. The van der Waals surface area contributed by atoms with Crippen LogP contribution >= 0.6 is 11.8 Å². The van der Waals surface area contributed by atoms with Crippen LogP contribution < -0.4 is 21.9 Å². The van der Waals surface area contributed by atoms with E-state index in [9.17, 15) is 14.9 Å². The molecule has 0 fully saturated rings. The summed E-state index contributed by atoms with van der Waals surface area (Å²) in [6.45, 7) is 0. The Labute approximate surface area is 146 Å². The van der Waals surface area contributed by atoms with Crippen LogP contribution in [0.2, 0.25) is 0 Å². The second kappa shape index (κ2) is 5.12. The third kappa shape index (κ3) is 1.79. The van der Waals surface area contributed by atoms with Gasteiger partial charge in [-0.2, -0.15) is 5.26 Å². The lowest BCUT2D eigenvalue weighted by Gasteiger charge is -2.33. The molecule has 0 saturated carbocycles. The van der Waals surface area contributed by atoms with E-state index >= 15 is 0 Å². The number of H-pyrrole nitrogens is 1. The zero-order valence-corrected chi connectivity index (χ0v) is 13.8. The van der Waals surface area contributed by atoms with Gasteiger partial charge in [-0.15, -0.1) is 0 Å². The van der Waals surface area contributed by atoms with Crippen molar-refractivity contribution in [3.63, 3.8) is 0 Å². The third-order valence-corrected chi connectivity index (χ3v) is 4.98. The van der Waals surface area contributed by atoms with Gasteiger partial charge in [0, 0.05) is 11.3 Å². The Morgan fingerprint density at radius 2 is 2.04 bits per heavy atom. The largest absolute Gasteiger partial charge is 0.384 e. The maximum Gasteiger partial charge on any atom is 0.258 e. The van der Waals surface area contributed by atoms with Crippen LogP contribution in [0.25, 0.3) is 0 Å². The smallest absolute Gasteiger partial charge is 0.258 e. The molecule has 1 aromatic heterocycles. The summed E-state index contributed by atoms with van der Waals surface area (Å²) in [6.07, 6.45) is 1.76. The number of benzene rings is 1. The summed E-state index contributed by atoms with van der Waals surface area (Å²) >= 11 is 1.25. The number of nitrogens with two attached hydrogens (primary N) is 1. The second-order valence-electron chi connectivity index (χ2n) is 5.57. The average Bonchev–Trinajstić information content (AvgIpc) is 2.87. The highest BCUT2D eigenvalue weighted by atomic mass is 32.2. The molecular weight excluding hydrogens is 340 g/mol. The molecule has 4 rings (SSSR count). The van der Waals surface area contributed by atoms with Gasteiger partial charge in [-0.25, -0.2) is 4.98 Å². The van der Waals surface area contributed by atoms with Crippen LogP contribution in [0, 0.1) is 11.3 Å². The van der Waals surface area contributed by atoms with Gasteiger partial charge in [-0.05, 0) is 12.3 Å². The van der Waals surface area contributed by atoms with E-state index in [4.69, 9.17) is 5.73 Å². The summed E-state index contributed by atoms with van der Waals surface area (Å²) in [5.41, 5.74) is 5.01. The first-order valence-corrected chi connectivity index (χ1v) is 8.53. The Morgan fingerprint density at radius 1 is 1.28 bits per heavy atom. The number of thioether (sulfide) groups is 1. The van der Waals surface area contributed by atoms with E-state index in [1.165, 1.54) is 11.8 Å². The van der Waals surface area contributed by atoms with Crippen molar-refractivity contribution in [3.05, 3.63) is 57.1 Å². The maximum absolute atomic E-state index is 13.0. The van der Waals surface area contributed by atoms with Gasteiger partial charge in [0.2, 0.25) is 5.91 Å². The van der Waals surface area contributed by atoms with Crippen LogP contribution in [0.3, 0.4) is 0 Å². The van der Waals surface area contributed by atoms with E-state index in [0.717, 1.165) is 0 Å². The van der Waals surface area contributed by atoms with E-state index in [1.807, 2.05) is 6.07 Å². The molecular formula is C16H12N6O2S. The number of para-hydroxylation sites is 1. The Balaban J connectivity index is 2.18. The standard InChI is InChI=1S/C16H12N6O2S/c1-25-15-21-12-10(13(23)22-15)16(8(6-17)11(18)20-12)7-4-2-3-5-9(7)19-14(16)24/h2-5H,18H2,1H3,(H,19,24)(H2,20,21,22,23)/t16-/m0/s1. The molecule has 9 heteroatoms. The van der Waals surface area contributed by atoms with E-state index in [0.29, 0.717) is 16.4 Å². The number of nitrogens with zero attached hydrogens (tertiary/aromatic N) is 2. The van der Waals surface area contributed by atoms with Gasteiger partial charge < -0.3 is 21.4 Å². The molecule has 124 valence electrons. The van der Waals surface area contributed by atoms with Crippen molar-refractivity contribution in [2.75, 3.05) is 16.9 Å². The first-order chi connectivity index (χ1) is 12.0. The van der Waals surface area contributed by atoms with Crippen molar-refractivity contribution >= 4 is 29.2 Å². The van der Waals surface area contributed by atoms with E-state index in [1.54, 1.807) is 30.5 Å².